The summed E-state index contributed by atoms with van der Waals surface area (Å²) in [4.78, 5) is 27.7. The zero-order valence-corrected chi connectivity index (χ0v) is 16.9. The molecule has 2 atom stereocenters. The van der Waals surface area contributed by atoms with Crippen molar-refractivity contribution in [1.82, 2.24) is 0 Å². The summed E-state index contributed by atoms with van der Waals surface area (Å²) in [6.07, 6.45) is -5.50. The first kappa shape index (κ1) is 21.9. The molecule has 158 valence electrons. The summed E-state index contributed by atoms with van der Waals surface area (Å²) in [5.74, 6) is -2.50. The number of amidine groups is 1. The molecule has 2 fully saturated rings. The lowest BCUT2D eigenvalue weighted by Crippen LogP contribution is -2.38. The van der Waals surface area contributed by atoms with Crippen molar-refractivity contribution in [3.05, 3.63) is 28.8 Å². The van der Waals surface area contributed by atoms with Crippen LogP contribution in [0.15, 0.2) is 23.2 Å². The number of thioether (sulfide) groups is 1. The molecule has 2 saturated heterocycles. The van der Waals surface area contributed by atoms with E-state index in [1.807, 2.05) is 0 Å². The van der Waals surface area contributed by atoms with E-state index < -0.39 is 57.6 Å². The van der Waals surface area contributed by atoms with Gasteiger partial charge in [0.05, 0.1) is 40.2 Å². The number of carbonyl (C=O) groups excluding carboxylic acids is 1. The average Bonchev–Trinajstić information content (AvgIpc) is 3.03. The van der Waals surface area contributed by atoms with Crippen LogP contribution in [0, 0.1) is 0 Å². The number of hydrogen-bond donors (Lipinski definition) is 1. The number of nitrogens with zero attached hydrogens (tertiary/aromatic N) is 2. The lowest BCUT2D eigenvalue weighted by molar-refractivity contribution is -0.138. The number of fused-ring (bicyclic) bond motifs is 1. The number of alkyl halides is 3. The molecular weight excluding hydrogens is 457 g/mol. The highest BCUT2D eigenvalue weighted by atomic mass is 35.5. The van der Waals surface area contributed by atoms with Gasteiger partial charge in [-0.05, 0) is 18.2 Å². The van der Waals surface area contributed by atoms with Crippen LogP contribution in [0.5, 0.6) is 0 Å². The zero-order valence-electron chi connectivity index (χ0n) is 14.5. The second kappa shape index (κ2) is 7.80. The van der Waals surface area contributed by atoms with E-state index in [1.54, 1.807) is 0 Å². The lowest BCUT2D eigenvalue weighted by Gasteiger charge is -2.26. The molecule has 1 N–H and O–H groups in total. The molecular formula is C16H14ClF3N2O5S2. The van der Waals surface area contributed by atoms with Crippen molar-refractivity contribution in [3.63, 3.8) is 0 Å². The third-order valence-electron chi connectivity index (χ3n) is 4.37. The highest BCUT2D eigenvalue weighted by molar-refractivity contribution is 8.16. The van der Waals surface area contributed by atoms with Crippen LogP contribution in [-0.4, -0.2) is 53.4 Å². The summed E-state index contributed by atoms with van der Waals surface area (Å²) in [7, 11) is -3.42. The van der Waals surface area contributed by atoms with E-state index in [0.717, 1.165) is 30.0 Å². The minimum absolute atomic E-state index is 0.00603. The maximum Gasteiger partial charge on any atom is 0.416 e. The van der Waals surface area contributed by atoms with Crippen molar-refractivity contribution in [1.29, 1.82) is 0 Å². The molecule has 0 saturated carbocycles. The summed E-state index contributed by atoms with van der Waals surface area (Å²) in [5, 5.41) is 8.09. The van der Waals surface area contributed by atoms with E-state index in [4.69, 9.17) is 16.7 Å². The lowest BCUT2D eigenvalue weighted by atomic mass is 10.1. The molecule has 1 aromatic rings. The number of benzene rings is 1. The van der Waals surface area contributed by atoms with Crippen molar-refractivity contribution in [2.24, 2.45) is 4.99 Å². The van der Waals surface area contributed by atoms with Crippen LogP contribution in [0.3, 0.4) is 0 Å². The molecule has 2 aliphatic rings. The van der Waals surface area contributed by atoms with Crippen LogP contribution >= 0.6 is 23.4 Å². The maximum absolute atomic E-state index is 13.2. The van der Waals surface area contributed by atoms with Crippen LogP contribution in [0.1, 0.15) is 18.4 Å². The molecule has 0 spiro atoms. The molecule has 29 heavy (non-hydrogen) atoms. The molecule has 1 aromatic carbocycles. The van der Waals surface area contributed by atoms with E-state index >= 15 is 0 Å². The quantitative estimate of drug-likeness (QED) is 0.721. The Kier molecular flexibility index (Phi) is 5.89. The number of sulfone groups is 1. The monoisotopic (exact) mass is 470 g/mol. The Labute approximate surface area is 172 Å². The van der Waals surface area contributed by atoms with Gasteiger partial charge in [0, 0.05) is 11.7 Å². The Bertz CT molecular complexity index is 997. The molecule has 0 aliphatic carbocycles. The molecule has 0 unspecified atom stereocenters. The Morgan fingerprint density at radius 2 is 1.97 bits per heavy atom. The predicted octanol–water partition coefficient (Wildman–Crippen LogP) is 2.83. The maximum atomic E-state index is 13.2. The number of carboxylic acid groups (broad SMARTS) is 1. The fourth-order valence-electron chi connectivity index (χ4n) is 3.10. The fraction of sp³-hybridized carbons (Fsp3) is 0.438. The summed E-state index contributed by atoms with van der Waals surface area (Å²) in [6.45, 7) is 0. The third kappa shape index (κ3) is 4.86. The van der Waals surface area contributed by atoms with Gasteiger partial charge >= 0.3 is 12.1 Å². The number of rotatable bonds is 4. The van der Waals surface area contributed by atoms with E-state index in [0.29, 0.717) is 0 Å². The second-order valence-electron chi connectivity index (χ2n) is 6.52. The van der Waals surface area contributed by atoms with Gasteiger partial charge in [0.2, 0.25) is 5.91 Å². The second-order valence-corrected chi connectivity index (χ2v) is 10.3. The van der Waals surface area contributed by atoms with Crippen molar-refractivity contribution >= 4 is 55.9 Å². The highest BCUT2D eigenvalue weighted by Crippen LogP contribution is 2.44. The van der Waals surface area contributed by atoms with Crippen molar-refractivity contribution < 1.29 is 36.3 Å². The number of aliphatic imine (C=N–C) groups is 1. The molecule has 1 amide bonds. The summed E-state index contributed by atoms with van der Waals surface area (Å²) in [5.41, 5.74) is -1.09. The van der Waals surface area contributed by atoms with Gasteiger partial charge in [-0.25, -0.2) is 8.42 Å². The number of amides is 1. The smallest absolute Gasteiger partial charge is 0.416 e. The Morgan fingerprint density at radius 1 is 1.28 bits per heavy atom. The van der Waals surface area contributed by atoms with E-state index in [9.17, 15) is 31.2 Å². The molecule has 13 heteroatoms. The van der Waals surface area contributed by atoms with E-state index in [-0.39, 0.29) is 27.4 Å². The minimum atomic E-state index is -4.65. The first-order valence-electron chi connectivity index (χ1n) is 8.24. The average molecular weight is 471 g/mol. The van der Waals surface area contributed by atoms with Gasteiger partial charge in [-0.15, -0.1) is 0 Å². The number of halogens is 4. The number of carboxylic acids is 1. The summed E-state index contributed by atoms with van der Waals surface area (Å²) in [6, 6.07) is 1.89. The number of anilines is 1. The van der Waals surface area contributed by atoms with Crippen molar-refractivity contribution in [2.75, 3.05) is 16.4 Å². The van der Waals surface area contributed by atoms with Crippen LogP contribution in [0.25, 0.3) is 0 Å². The van der Waals surface area contributed by atoms with Gasteiger partial charge in [0.1, 0.15) is 0 Å². The summed E-state index contributed by atoms with van der Waals surface area (Å²) >= 11 is 7.07. The number of aliphatic carboxylic acids is 1. The summed E-state index contributed by atoms with van der Waals surface area (Å²) < 4.78 is 63.5. The standard InChI is InChI=1S/C16H14ClF3N2O5S2/c17-9-2-1-8(16(18,19)20)5-10(9)22-11-6-29(26,27)7-12(11)28-15(22)21-13(23)3-4-14(24)25/h1-2,5,11-12H,3-4,6-7H2,(H,24,25)/t11-,12-/m1/s1. The van der Waals surface area contributed by atoms with Gasteiger partial charge in [0.15, 0.2) is 15.0 Å². The zero-order chi connectivity index (χ0) is 21.6. The van der Waals surface area contributed by atoms with Gasteiger partial charge in [-0.2, -0.15) is 18.2 Å². The Balaban J connectivity index is 2.03. The predicted molar refractivity (Wildman–Crippen MR) is 102 cm³/mol. The first-order valence-corrected chi connectivity index (χ1v) is 11.3. The van der Waals surface area contributed by atoms with Gasteiger partial charge < -0.3 is 10.0 Å². The van der Waals surface area contributed by atoms with Crippen LogP contribution in [0.2, 0.25) is 5.02 Å². The van der Waals surface area contributed by atoms with E-state index in [1.165, 1.54) is 4.90 Å². The van der Waals surface area contributed by atoms with Crippen LogP contribution in [-0.2, 0) is 25.6 Å². The Hall–Kier alpha value is -1.79. The topological polar surface area (TPSA) is 104 Å². The largest absolute Gasteiger partial charge is 0.481 e. The Morgan fingerprint density at radius 3 is 2.59 bits per heavy atom. The SMILES string of the molecule is O=C(O)CCC(=O)N=C1S[C@@H]2CS(=O)(=O)C[C@H]2N1c1cc(C(F)(F)F)ccc1Cl. The molecule has 0 aromatic heterocycles. The van der Waals surface area contributed by atoms with Crippen molar-refractivity contribution in [3.8, 4) is 0 Å². The highest BCUT2D eigenvalue weighted by Gasteiger charge is 2.50. The van der Waals surface area contributed by atoms with Crippen LogP contribution < -0.4 is 4.90 Å². The molecule has 7 nitrogen and oxygen atoms in total. The first-order chi connectivity index (χ1) is 13.4. The fourth-order valence-corrected chi connectivity index (χ4v) is 7.23. The molecule has 0 bridgehead atoms. The van der Waals surface area contributed by atoms with E-state index in [2.05, 4.69) is 4.99 Å². The van der Waals surface area contributed by atoms with Gasteiger partial charge in [0.25, 0.3) is 0 Å². The van der Waals surface area contributed by atoms with Gasteiger partial charge in [-0.3, -0.25) is 9.59 Å². The van der Waals surface area contributed by atoms with Gasteiger partial charge in [-0.1, -0.05) is 23.4 Å². The van der Waals surface area contributed by atoms with Crippen LogP contribution in [0.4, 0.5) is 18.9 Å². The van der Waals surface area contributed by atoms with Crippen molar-refractivity contribution in [2.45, 2.75) is 30.3 Å². The molecule has 0 radical (unpaired) electrons. The minimum Gasteiger partial charge on any atom is -0.481 e. The molecule has 3 rings (SSSR count). The number of hydrogen-bond acceptors (Lipinski definition) is 5. The third-order valence-corrected chi connectivity index (χ3v) is 7.90. The number of carbonyl (C=O) groups is 2. The normalized spacial score (nSPS) is 24.7. The molecule has 2 heterocycles. The molecule has 2 aliphatic heterocycles.